The van der Waals surface area contributed by atoms with Gasteiger partial charge in [0, 0.05) is 5.69 Å². The fraction of sp³-hybridized carbons (Fsp3) is 0.118. The van der Waals surface area contributed by atoms with E-state index in [-0.39, 0.29) is 5.91 Å². The van der Waals surface area contributed by atoms with Crippen LogP contribution in [0.25, 0.3) is 0 Å². The highest BCUT2D eigenvalue weighted by atomic mass is 16.5. The Balaban J connectivity index is 2.07. The van der Waals surface area contributed by atoms with E-state index in [0.717, 1.165) is 5.75 Å². The fourth-order valence-electron chi connectivity index (χ4n) is 1.82. The molecule has 0 radical (unpaired) electrons. The van der Waals surface area contributed by atoms with Crippen molar-refractivity contribution in [2.24, 2.45) is 0 Å². The molecule has 0 saturated heterocycles. The summed E-state index contributed by atoms with van der Waals surface area (Å²) in [5.41, 5.74) is 1.18. The Kier molecular flexibility index (Phi) is 4.99. The average molecular weight is 283 g/mol. The van der Waals surface area contributed by atoms with Crippen molar-refractivity contribution in [3.05, 3.63) is 66.7 Å². The molecule has 4 heteroatoms. The van der Waals surface area contributed by atoms with E-state index in [1.54, 1.807) is 48.5 Å². The zero-order chi connectivity index (χ0) is 15.1. The van der Waals surface area contributed by atoms with Gasteiger partial charge in [-0.1, -0.05) is 24.8 Å². The highest BCUT2D eigenvalue weighted by Gasteiger charge is 2.11. The highest BCUT2D eigenvalue weighted by molar-refractivity contribution is 6.06. The monoisotopic (exact) mass is 283 g/mol. The van der Waals surface area contributed by atoms with Gasteiger partial charge in [0.2, 0.25) is 0 Å². The van der Waals surface area contributed by atoms with Gasteiger partial charge >= 0.3 is 0 Å². The van der Waals surface area contributed by atoms with Gasteiger partial charge in [0.15, 0.2) is 0 Å². The van der Waals surface area contributed by atoms with Crippen LogP contribution in [0.3, 0.4) is 0 Å². The molecule has 0 unspecified atom stereocenters. The largest absolute Gasteiger partial charge is 0.496 e. The molecule has 4 nitrogen and oxygen atoms in total. The molecule has 0 atom stereocenters. The Bertz CT molecular complexity index is 620. The number of para-hydroxylation sites is 1. The molecule has 0 spiro atoms. The molecule has 0 fully saturated rings. The maximum atomic E-state index is 12.2. The number of hydrogen-bond donors (Lipinski definition) is 1. The van der Waals surface area contributed by atoms with Gasteiger partial charge in [-0.2, -0.15) is 0 Å². The number of carbonyl (C=O) groups excluding carboxylic acids is 1. The molecule has 0 heterocycles. The summed E-state index contributed by atoms with van der Waals surface area (Å²) in [6.45, 7) is 4.04. The zero-order valence-electron chi connectivity index (χ0n) is 11.8. The number of carbonyl (C=O) groups is 1. The van der Waals surface area contributed by atoms with Crippen molar-refractivity contribution in [3.63, 3.8) is 0 Å². The summed E-state index contributed by atoms with van der Waals surface area (Å²) in [4.78, 5) is 12.2. The maximum Gasteiger partial charge on any atom is 0.259 e. The van der Waals surface area contributed by atoms with Gasteiger partial charge in [-0.15, -0.1) is 0 Å². The normalized spacial score (nSPS) is 9.76. The lowest BCUT2D eigenvalue weighted by atomic mass is 10.2. The van der Waals surface area contributed by atoms with Crippen LogP contribution in [-0.4, -0.2) is 19.6 Å². The van der Waals surface area contributed by atoms with Crippen LogP contribution in [-0.2, 0) is 0 Å². The smallest absolute Gasteiger partial charge is 0.259 e. The number of rotatable bonds is 6. The van der Waals surface area contributed by atoms with Gasteiger partial charge in [0.25, 0.3) is 5.91 Å². The van der Waals surface area contributed by atoms with Crippen LogP contribution in [0.2, 0.25) is 0 Å². The van der Waals surface area contributed by atoms with E-state index in [4.69, 9.17) is 9.47 Å². The number of benzene rings is 2. The second-order valence-electron chi connectivity index (χ2n) is 4.28. The quantitative estimate of drug-likeness (QED) is 0.825. The van der Waals surface area contributed by atoms with Gasteiger partial charge in [-0.3, -0.25) is 4.79 Å². The highest BCUT2D eigenvalue weighted by Crippen LogP contribution is 2.20. The van der Waals surface area contributed by atoms with E-state index >= 15 is 0 Å². The van der Waals surface area contributed by atoms with Gasteiger partial charge in [0.05, 0.1) is 12.7 Å². The summed E-state index contributed by atoms with van der Waals surface area (Å²) < 4.78 is 10.6. The summed E-state index contributed by atoms with van der Waals surface area (Å²) in [5.74, 6) is 1.05. The summed E-state index contributed by atoms with van der Waals surface area (Å²) in [5, 5.41) is 2.82. The summed E-state index contributed by atoms with van der Waals surface area (Å²) >= 11 is 0. The maximum absolute atomic E-state index is 12.2. The van der Waals surface area contributed by atoms with E-state index in [2.05, 4.69) is 11.9 Å². The molecule has 0 aliphatic carbocycles. The number of methoxy groups -OCH3 is 1. The predicted octanol–water partition coefficient (Wildman–Crippen LogP) is 3.51. The second-order valence-corrected chi connectivity index (χ2v) is 4.28. The van der Waals surface area contributed by atoms with Crippen LogP contribution in [0.15, 0.2) is 61.2 Å². The lowest BCUT2D eigenvalue weighted by molar-refractivity contribution is 0.102. The van der Waals surface area contributed by atoms with Crippen LogP contribution >= 0.6 is 0 Å². The number of hydrogen-bond acceptors (Lipinski definition) is 3. The Morgan fingerprint density at radius 2 is 1.90 bits per heavy atom. The van der Waals surface area contributed by atoms with Crippen molar-refractivity contribution in [1.82, 2.24) is 0 Å². The van der Waals surface area contributed by atoms with Crippen molar-refractivity contribution >= 4 is 11.6 Å². The molecule has 1 N–H and O–H groups in total. The summed E-state index contributed by atoms with van der Waals surface area (Å²) in [7, 11) is 1.54. The second kappa shape index (κ2) is 7.14. The van der Waals surface area contributed by atoms with Gasteiger partial charge in [0.1, 0.15) is 18.1 Å². The Morgan fingerprint density at radius 3 is 2.57 bits per heavy atom. The average Bonchev–Trinajstić information content (AvgIpc) is 2.54. The standard InChI is InChI=1S/C17H17NO3/c1-3-12-21-14-10-8-13(9-11-14)18-17(19)15-6-4-5-7-16(15)20-2/h3-11H,1,12H2,2H3,(H,18,19). The fourth-order valence-corrected chi connectivity index (χ4v) is 1.82. The lowest BCUT2D eigenvalue weighted by Crippen LogP contribution is -2.13. The summed E-state index contributed by atoms with van der Waals surface area (Å²) in [6, 6.07) is 14.2. The first-order valence-corrected chi connectivity index (χ1v) is 6.52. The van der Waals surface area contributed by atoms with Crippen molar-refractivity contribution in [1.29, 1.82) is 0 Å². The predicted molar refractivity (Wildman–Crippen MR) is 83.1 cm³/mol. The molecule has 21 heavy (non-hydrogen) atoms. The third-order valence-corrected chi connectivity index (χ3v) is 2.83. The molecule has 2 aromatic rings. The van der Waals surface area contributed by atoms with E-state index in [0.29, 0.717) is 23.6 Å². The van der Waals surface area contributed by atoms with Crippen molar-refractivity contribution in [2.45, 2.75) is 0 Å². The van der Waals surface area contributed by atoms with Crippen LogP contribution in [0, 0.1) is 0 Å². The van der Waals surface area contributed by atoms with Crippen LogP contribution in [0.1, 0.15) is 10.4 Å². The van der Waals surface area contributed by atoms with Crippen LogP contribution in [0.5, 0.6) is 11.5 Å². The number of amides is 1. The first kappa shape index (κ1) is 14.7. The summed E-state index contributed by atoms with van der Waals surface area (Å²) in [6.07, 6.45) is 1.68. The Morgan fingerprint density at radius 1 is 1.19 bits per heavy atom. The Hall–Kier alpha value is -2.75. The molecular formula is C17H17NO3. The number of nitrogens with one attached hydrogen (secondary N) is 1. The minimum absolute atomic E-state index is 0.216. The van der Waals surface area contributed by atoms with Gasteiger partial charge < -0.3 is 14.8 Å². The molecule has 0 saturated carbocycles. The SMILES string of the molecule is C=CCOc1ccc(NC(=O)c2ccccc2OC)cc1. The molecule has 0 aliphatic heterocycles. The molecule has 2 rings (SSSR count). The first-order valence-electron chi connectivity index (χ1n) is 6.52. The van der Waals surface area contributed by atoms with Crippen LogP contribution in [0.4, 0.5) is 5.69 Å². The molecule has 0 bridgehead atoms. The van der Waals surface area contributed by atoms with Gasteiger partial charge in [-0.25, -0.2) is 0 Å². The number of ether oxygens (including phenoxy) is 2. The molecule has 1 amide bonds. The van der Waals surface area contributed by atoms with Crippen molar-refractivity contribution in [3.8, 4) is 11.5 Å². The first-order chi connectivity index (χ1) is 10.2. The van der Waals surface area contributed by atoms with E-state index in [9.17, 15) is 4.79 Å². The third kappa shape index (κ3) is 3.86. The van der Waals surface area contributed by atoms with E-state index < -0.39 is 0 Å². The zero-order valence-corrected chi connectivity index (χ0v) is 11.8. The number of anilines is 1. The lowest BCUT2D eigenvalue weighted by Gasteiger charge is -2.09. The molecule has 0 aliphatic rings. The molecule has 0 aromatic heterocycles. The van der Waals surface area contributed by atoms with E-state index in [1.165, 1.54) is 7.11 Å². The third-order valence-electron chi connectivity index (χ3n) is 2.83. The topological polar surface area (TPSA) is 47.6 Å². The molecule has 108 valence electrons. The minimum Gasteiger partial charge on any atom is -0.496 e. The molecular weight excluding hydrogens is 266 g/mol. The van der Waals surface area contributed by atoms with Crippen molar-refractivity contribution < 1.29 is 14.3 Å². The Labute approximate surface area is 124 Å². The van der Waals surface area contributed by atoms with Crippen molar-refractivity contribution in [2.75, 3.05) is 19.0 Å². The molecule has 2 aromatic carbocycles. The minimum atomic E-state index is -0.216. The van der Waals surface area contributed by atoms with E-state index in [1.807, 2.05) is 6.07 Å². The van der Waals surface area contributed by atoms with Gasteiger partial charge in [-0.05, 0) is 36.4 Å². The van der Waals surface area contributed by atoms with Crippen LogP contribution < -0.4 is 14.8 Å².